The molecule has 6 heteroatoms. The molecule has 0 fully saturated rings. The van der Waals surface area contributed by atoms with Crippen LogP contribution in [-0.2, 0) is 4.79 Å². The first kappa shape index (κ1) is 15.1. The highest BCUT2D eigenvalue weighted by Crippen LogP contribution is 2.23. The van der Waals surface area contributed by atoms with Crippen LogP contribution in [-0.4, -0.2) is 25.0 Å². The Morgan fingerprint density at radius 2 is 1.90 bits per heavy atom. The molecule has 0 spiro atoms. The number of ether oxygens (including phenoxy) is 1. The van der Waals surface area contributed by atoms with Crippen molar-refractivity contribution in [3.63, 3.8) is 0 Å². The minimum Gasteiger partial charge on any atom is -0.481 e. The number of hydrogen-bond donors (Lipinski definition) is 2. The zero-order valence-electron chi connectivity index (χ0n) is 11.8. The lowest BCUT2D eigenvalue weighted by atomic mass is 10.3. The first-order valence-corrected chi connectivity index (χ1v) is 7.32. The van der Waals surface area contributed by atoms with E-state index in [2.05, 4.69) is 10.6 Å². The molecule has 1 aromatic heterocycles. The molecule has 2 rings (SSSR count). The molecule has 1 unspecified atom stereocenters. The third-order valence-corrected chi connectivity index (χ3v) is 3.63. The fourth-order valence-corrected chi connectivity index (χ4v) is 2.48. The molecule has 0 saturated carbocycles. The second-order valence-corrected chi connectivity index (χ2v) is 5.22. The van der Waals surface area contributed by atoms with E-state index in [0.29, 0.717) is 16.3 Å². The van der Waals surface area contributed by atoms with Crippen molar-refractivity contribution in [2.45, 2.75) is 13.0 Å². The van der Waals surface area contributed by atoms with Gasteiger partial charge in [0.05, 0.1) is 5.56 Å². The van der Waals surface area contributed by atoms with Gasteiger partial charge in [-0.3, -0.25) is 9.59 Å². The van der Waals surface area contributed by atoms with Gasteiger partial charge in [-0.25, -0.2) is 0 Å². The average molecular weight is 304 g/mol. The summed E-state index contributed by atoms with van der Waals surface area (Å²) < 4.78 is 5.54. The zero-order chi connectivity index (χ0) is 15.2. The van der Waals surface area contributed by atoms with E-state index in [1.54, 1.807) is 37.6 Å². The topological polar surface area (TPSA) is 67.4 Å². The van der Waals surface area contributed by atoms with Crippen LogP contribution in [0.2, 0.25) is 0 Å². The van der Waals surface area contributed by atoms with Crippen LogP contribution in [0.4, 0.5) is 5.00 Å². The molecular formula is C15H16N2O3S. The van der Waals surface area contributed by atoms with E-state index in [9.17, 15) is 9.59 Å². The molecule has 1 atom stereocenters. The molecule has 1 aromatic carbocycles. The Morgan fingerprint density at radius 3 is 2.57 bits per heavy atom. The van der Waals surface area contributed by atoms with Crippen molar-refractivity contribution in [3.05, 3.63) is 47.3 Å². The van der Waals surface area contributed by atoms with E-state index in [1.165, 1.54) is 11.3 Å². The number of carbonyl (C=O) groups excluding carboxylic acids is 2. The largest absolute Gasteiger partial charge is 0.481 e. The van der Waals surface area contributed by atoms with Gasteiger partial charge < -0.3 is 15.4 Å². The predicted octanol–water partition coefficient (Wildman–Crippen LogP) is 2.51. The number of amides is 2. The molecular weight excluding hydrogens is 288 g/mol. The van der Waals surface area contributed by atoms with E-state index < -0.39 is 6.10 Å². The molecule has 110 valence electrons. The predicted molar refractivity (Wildman–Crippen MR) is 82.9 cm³/mol. The molecule has 2 amide bonds. The van der Waals surface area contributed by atoms with Crippen LogP contribution in [0.25, 0.3) is 0 Å². The molecule has 1 heterocycles. The number of benzene rings is 1. The maximum absolute atomic E-state index is 12.1. The summed E-state index contributed by atoms with van der Waals surface area (Å²) in [5.41, 5.74) is 0.447. The normalized spacial score (nSPS) is 11.5. The van der Waals surface area contributed by atoms with Gasteiger partial charge in [0.1, 0.15) is 10.8 Å². The monoisotopic (exact) mass is 304 g/mol. The van der Waals surface area contributed by atoms with E-state index in [0.717, 1.165) is 0 Å². The quantitative estimate of drug-likeness (QED) is 0.892. The Hall–Kier alpha value is -2.34. The fraction of sp³-hybridized carbons (Fsp3) is 0.200. The number of para-hydroxylation sites is 1. The lowest BCUT2D eigenvalue weighted by Crippen LogP contribution is -2.30. The summed E-state index contributed by atoms with van der Waals surface area (Å²) in [5, 5.41) is 7.52. The number of hydrogen-bond acceptors (Lipinski definition) is 4. The van der Waals surface area contributed by atoms with Gasteiger partial charge in [-0.05, 0) is 30.5 Å². The van der Waals surface area contributed by atoms with Crippen LogP contribution in [0.5, 0.6) is 5.75 Å². The highest BCUT2D eigenvalue weighted by molar-refractivity contribution is 7.14. The van der Waals surface area contributed by atoms with E-state index in [-0.39, 0.29) is 11.8 Å². The summed E-state index contributed by atoms with van der Waals surface area (Å²) >= 11 is 1.30. The van der Waals surface area contributed by atoms with Gasteiger partial charge >= 0.3 is 0 Å². The molecule has 2 aromatic rings. The maximum atomic E-state index is 12.1. The summed E-state index contributed by atoms with van der Waals surface area (Å²) in [6.45, 7) is 1.66. The van der Waals surface area contributed by atoms with Crippen molar-refractivity contribution < 1.29 is 14.3 Å². The SMILES string of the molecule is CNC(=O)c1ccsc1NC(=O)C(C)Oc1ccccc1. The molecule has 0 aliphatic heterocycles. The van der Waals surface area contributed by atoms with E-state index in [1.807, 2.05) is 18.2 Å². The molecule has 0 saturated heterocycles. The van der Waals surface area contributed by atoms with Gasteiger partial charge in [-0.15, -0.1) is 11.3 Å². The van der Waals surface area contributed by atoms with Gasteiger partial charge in [0.15, 0.2) is 6.10 Å². The highest BCUT2D eigenvalue weighted by atomic mass is 32.1. The van der Waals surface area contributed by atoms with Gasteiger partial charge in [-0.1, -0.05) is 18.2 Å². The summed E-state index contributed by atoms with van der Waals surface area (Å²) in [6, 6.07) is 10.8. The van der Waals surface area contributed by atoms with Crippen LogP contribution in [0.15, 0.2) is 41.8 Å². The second-order valence-electron chi connectivity index (χ2n) is 4.30. The number of nitrogens with one attached hydrogen (secondary N) is 2. The van der Waals surface area contributed by atoms with Gasteiger partial charge in [0.25, 0.3) is 11.8 Å². The summed E-state index contributed by atoms with van der Waals surface area (Å²) in [6.07, 6.45) is -0.660. The number of anilines is 1. The Kier molecular flexibility index (Phi) is 4.94. The molecule has 21 heavy (non-hydrogen) atoms. The van der Waals surface area contributed by atoms with Crippen LogP contribution >= 0.6 is 11.3 Å². The van der Waals surface area contributed by atoms with Gasteiger partial charge in [0, 0.05) is 7.05 Å². The Bertz CT molecular complexity index is 625. The number of rotatable bonds is 5. The Labute approximate surface area is 126 Å². The molecule has 2 N–H and O–H groups in total. The third kappa shape index (κ3) is 3.82. The molecule has 0 radical (unpaired) electrons. The van der Waals surface area contributed by atoms with Crippen molar-refractivity contribution >= 4 is 28.2 Å². The summed E-state index contributed by atoms with van der Waals surface area (Å²) in [7, 11) is 1.55. The van der Waals surface area contributed by atoms with Crippen molar-refractivity contribution in [3.8, 4) is 5.75 Å². The third-order valence-electron chi connectivity index (χ3n) is 2.80. The van der Waals surface area contributed by atoms with Crippen molar-refractivity contribution in [1.82, 2.24) is 5.32 Å². The van der Waals surface area contributed by atoms with Crippen LogP contribution in [0.1, 0.15) is 17.3 Å². The standard InChI is InChI=1S/C15H16N2O3S/c1-10(20-11-6-4-3-5-7-11)13(18)17-15-12(8-9-21-15)14(19)16-2/h3-10H,1-2H3,(H,16,19)(H,17,18). The lowest BCUT2D eigenvalue weighted by molar-refractivity contribution is -0.122. The van der Waals surface area contributed by atoms with Crippen molar-refractivity contribution in [2.75, 3.05) is 12.4 Å². The summed E-state index contributed by atoms with van der Waals surface area (Å²) in [4.78, 5) is 23.8. The van der Waals surface area contributed by atoms with E-state index >= 15 is 0 Å². The minimum absolute atomic E-state index is 0.233. The van der Waals surface area contributed by atoms with Crippen LogP contribution < -0.4 is 15.4 Å². The molecule has 0 bridgehead atoms. The van der Waals surface area contributed by atoms with Crippen molar-refractivity contribution in [2.24, 2.45) is 0 Å². The molecule has 0 aliphatic carbocycles. The van der Waals surface area contributed by atoms with Crippen LogP contribution in [0.3, 0.4) is 0 Å². The highest BCUT2D eigenvalue weighted by Gasteiger charge is 2.19. The zero-order valence-corrected chi connectivity index (χ0v) is 12.6. The molecule has 5 nitrogen and oxygen atoms in total. The van der Waals surface area contributed by atoms with Gasteiger partial charge in [-0.2, -0.15) is 0 Å². The number of carbonyl (C=O) groups is 2. The fourth-order valence-electron chi connectivity index (χ4n) is 1.69. The van der Waals surface area contributed by atoms with Crippen molar-refractivity contribution in [1.29, 1.82) is 0 Å². The first-order chi connectivity index (χ1) is 10.1. The Balaban J connectivity index is 2.01. The summed E-state index contributed by atoms with van der Waals surface area (Å²) in [5.74, 6) is 0.0903. The average Bonchev–Trinajstić information content (AvgIpc) is 2.95. The lowest BCUT2D eigenvalue weighted by Gasteiger charge is -2.14. The minimum atomic E-state index is -0.660. The maximum Gasteiger partial charge on any atom is 0.265 e. The number of thiophene rings is 1. The van der Waals surface area contributed by atoms with Gasteiger partial charge in [0.2, 0.25) is 0 Å². The second kappa shape index (κ2) is 6.90. The molecule has 0 aliphatic rings. The van der Waals surface area contributed by atoms with Crippen LogP contribution in [0, 0.1) is 0 Å². The smallest absolute Gasteiger partial charge is 0.265 e. The Morgan fingerprint density at radius 1 is 1.19 bits per heavy atom. The first-order valence-electron chi connectivity index (χ1n) is 6.44. The van der Waals surface area contributed by atoms with E-state index in [4.69, 9.17) is 4.74 Å².